The minimum absolute atomic E-state index is 0.102. The Morgan fingerprint density at radius 3 is 3.00 bits per heavy atom. The second kappa shape index (κ2) is 4.21. The first-order chi connectivity index (χ1) is 7.20. The number of hydrogen-bond donors (Lipinski definition) is 1. The van der Waals surface area contributed by atoms with Crippen LogP contribution in [0.1, 0.15) is 30.9 Å². The Kier molecular flexibility index (Phi) is 2.94. The number of fused-ring (bicyclic) bond motifs is 1. The monoisotopic (exact) mass is 207 g/mol. The van der Waals surface area contributed by atoms with Crippen LogP contribution in [0.3, 0.4) is 0 Å². The lowest BCUT2D eigenvalue weighted by molar-refractivity contribution is 0.488. The van der Waals surface area contributed by atoms with E-state index >= 15 is 0 Å². The molecule has 1 heterocycles. The SMILES string of the molecule is CCCC1CNc2cc(F)c(C)cc2C1. The maximum atomic E-state index is 13.3. The normalized spacial score (nSPS) is 19.5. The highest BCUT2D eigenvalue weighted by atomic mass is 19.1. The smallest absolute Gasteiger partial charge is 0.128 e. The molecule has 82 valence electrons. The maximum Gasteiger partial charge on any atom is 0.128 e. The van der Waals surface area contributed by atoms with Crippen LogP contribution in [0, 0.1) is 18.7 Å². The Hall–Kier alpha value is -1.05. The van der Waals surface area contributed by atoms with Crippen molar-refractivity contribution >= 4 is 5.69 Å². The van der Waals surface area contributed by atoms with E-state index in [9.17, 15) is 4.39 Å². The molecule has 1 aliphatic rings. The molecule has 0 aliphatic carbocycles. The predicted octanol–water partition coefficient (Wildman–Crippen LogP) is 3.52. The predicted molar refractivity (Wildman–Crippen MR) is 61.7 cm³/mol. The first-order valence-corrected chi connectivity index (χ1v) is 5.73. The molecule has 1 unspecified atom stereocenters. The third kappa shape index (κ3) is 2.14. The third-order valence-corrected chi connectivity index (χ3v) is 3.17. The van der Waals surface area contributed by atoms with Crippen LogP contribution in [-0.4, -0.2) is 6.54 Å². The van der Waals surface area contributed by atoms with Crippen LogP contribution in [0.5, 0.6) is 0 Å². The number of benzene rings is 1. The van der Waals surface area contributed by atoms with Crippen LogP contribution >= 0.6 is 0 Å². The highest BCUT2D eigenvalue weighted by Crippen LogP contribution is 2.28. The fraction of sp³-hybridized carbons (Fsp3) is 0.538. The van der Waals surface area contributed by atoms with E-state index in [1.54, 1.807) is 6.07 Å². The zero-order chi connectivity index (χ0) is 10.8. The van der Waals surface area contributed by atoms with Crippen molar-refractivity contribution in [3.05, 3.63) is 29.1 Å². The van der Waals surface area contributed by atoms with E-state index in [1.165, 1.54) is 18.4 Å². The lowest BCUT2D eigenvalue weighted by atomic mass is 9.90. The van der Waals surface area contributed by atoms with E-state index in [1.807, 2.05) is 13.0 Å². The molecule has 2 heteroatoms. The van der Waals surface area contributed by atoms with Gasteiger partial charge >= 0.3 is 0 Å². The Balaban J connectivity index is 2.22. The number of anilines is 1. The minimum atomic E-state index is -0.102. The summed E-state index contributed by atoms with van der Waals surface area (Å²) in [4.78, 5) is 0. The van der Waals surface area contributed by atoms with Gasteiger partial charge in [-0.2, -0.15) is 0 Å². The molecule has 1 nitrogen and oxygen atoms in total. The van der Waals surface area contributed by atoms with Crippen molar-refractivity contribution in [1.29, 1.82) is 0 Å². The van der Waals surface area contributed by atoms with E-state index < -0.39 is 0 Å². The molecule has 1 aromatic carbocycles. The summed E-state index contributed by atoms with van der Waals surface area (Å²) in [6.45, 7) is 5.04. The molecule has 2 rings (SSSR count). The molecule has 0 radical (unpaired) electrons. The van der Waals surface area contributed by atoms with Crippen LogP contribution in [0.25, 0.3) is 0 Å². The van der Waals surface area contributed by atoms with Gasteiger partial charge in [-0.25, -0.2) is 4.39 Å². The molecule has 0 aromatic heterocycles. The quantitative estimate of drug-likeness (QED) is 0.782. The Labute approximate surface area is 90.7 Å². The van der Waals surface area contributed by atoms with E-state index in [2.05, 4.69) is 12.2 Å². The summed E-state index contributed by atoms with van der Waals surface area (Å²) < 4.78 is 13.3. The molecule has 0 bridgehead atoms. The lowest BCUT2D eigenvalue weighted by Crippen LogP contribution is -2.23. The number of rotatable bonds is 2. The van der Waals surface area contributed by atoms with Gasteiger partial charge in [0, 0.05) is 12.2 Å². The summed E-state index contributed by atoms with van der Waals surface area (Å²) in [5.74, 6) is 0.613. The summed E-state index contributed by atoms with van der Waals surface area (Å²) in [6.07, 6.45) is 3.57. The number of halogens is 1. The summed E-state index contributed by atoms with van der Waals surface area (Å²) in [5.41, 5.74) is 3.02. The van der Waals surface area contributed by atoms with E-state index in [-0.39, 0.29) is 5.82 Å². The second-order valence-electron chi connectivity index (χ2n) is 4.50. The molecule has 1 N–H and O–H groups in total. The van der Waals surface area contributed by atoms with Crippen molar-refractivity contribution < 1.29 is 4.39 Å². The molecule has 15 heavy (non-hydrogen) atoms. The van der Waals surface area contributed by atoms with Crippen molar-refractivity contribution in [2.75, 3.05) is 11.9 Å². The van der Waals surface area contributed by atoms with E-state index in [0.29, 0.717) is 5.92 Å². The Morgan fingerprint density at radius 2 is 2.27 bits per heavy atom. The molecule has 0 fully saturated rings. The van der Waals surface area contributed by atoms with Crippen LogP contribution in [0.2, 0.25) is 0 Å². The fourth-order valence-corrected chi connectivity index (χ4v) is 2.32. The highest BCUT2D eigenvalue weighted by molar-refractivity contribution is 5.55. The average Bonchev–Trinajstić information content (AvgIpc) is 2.21. The van der Waals surface area contributed by atoms with Gasteiger partial charge in [-0.3, -0.25) is 0 Å². The van der Waals surface area contributed by atoms with Gasteiger partial charge in [0.1, 0.15) is 5.82 Å². The van der Waals surface area contributed by atoms with Gasteiger partial charge in [-0.15, -0.1) is 0 Å². The van der Waals surface area contributed by atoms with Crippen LogP contribution < -0.4 is 5.32 Å². The standard InChI is InChI=1S/C13H18FN/c1-3-4-10-6-11-5-9(2)12(14)7-13(11)15-8-10/h5,7,10,15H,3-4,6,8H2,1-2H3. The van der Waals surface area contributed by atoms with Crippen LogP contribution in [0.4, 0.5) is 10.1 Å². The first kappa shape index (κ1) is 10.5. The average molecular weight is 207 g/mol. The second-order valence-corrected chi connectivity index (χ2v) is 4.50. The topological polar surface area (TPSA) is 12.0 Å². The largest absolute Gasteiger partial charge is 0.384 e. The van der Waals surface area contributed by atoms with Gasteiger partial charge < -0.3 is 5.32 Å². The molecule has 0 amide bonds. The molecule has 1 aliphatic heterocycles. The van der Waals surface area contributed by atoms with Gasteiger partial charge in [-0.05, 0) is 42.9 Å². The number of aryl methyl sites for hydroxylation is 1. The molecule has 1 aromatic rings. The van der Waals surface area contributed by atoms with Crippen LogP contribution in [-0.2, 0) is 6.42 Å². The van der Waals surface area contributed by atoms with Gasteiger partial charge in [0.25, 0.3) is 0 Å². The molecule has 1 atom stereocenters. The molecule has 0 saturated carbocycles. The maximum absolute atomic E-state index is 13.3. The lowest BCUT2D eigenvalue weighted by Gasteiger charge is -2.26. The zero-order valence-corrected chi connectivity index (χ0v) is 9.44. The van der Waals surface area contributed by atoms with E-state index in [4.69, 9.17) is 0 Å². The molecule has 0 saturated heterocycles. The third-order valence-electron chi connectivity index (χ3n) is 3.17. The highest BCUT2D eigenvalue weighted by Gasteiger charge is 2.18. The van der Waals surface area contributed by atoms with Gasteiger partial charge in [-0.1, -0.05) is 19.4 Å². The summed E-state index contributed by atoms with van der Waals surface area (Å²) in [5, 5.41) is 3.33. The van der Waals surface area contributed by atoms with Crippen molar-refractivity contribution in [2.45, 2.75) is 33.1 Å². The first-order valence-electron chi connectivity index (χ1n) is 5.73. The molecular weight excluding hydrogens is 189 g/mol. The zero-order valence-electron chi connectivity index (χ0n) is 9.44. The number of hydrogen-bond acceptors (Lipinski definition) is 1. The van der Waals surface area contributed by atoms with Crippen molar-refractivity contribution in [1.82, 2.24) is 0 Å². The summed E-state index contributed by atoms with van der Waals surface area (Å²) in [6, 6.07) is 3.62. The number of nitrogens with one attached hydrogen (secondary N) is 1. The summed E-state index contributed by atoms with van der Waals surface area (Å²) >= 11 is 0. The Morgan fingerprint density at radius 1 is 1.47 bits per heavy atom. The fourth-order valence-electron chi connectivity index (χ4n) is 2.32. The minimum Gasteiger partial charge on any atom is -0.384 e. The van der Waals surface area contributed by atoms with Crippen molar-refractivity contribution in [3.8, 4) is 0 Å². The summed E-state index contributed by atoms with van der Waals surface area (Å²) in [7, 11) is 0. The molecule has 0 spiro atoms. The van der Waals surface area contributed by atoms with Crippen molar-refractivity contribution in [3.63, 3.8) is 0 Å². The van der Waals surface area contributed by atoms with Gasteiger partial charge in [0.15, 0.2) is 0 Å². The van der Waals surface area contributed by atoms with E-state index in [0.717, 1.165) is 24.2 Å². The van der Waals surface area contributed by atoms with Gasteiger partial charge in [0.2, 0.25) is 0 Å². The Bertz CT molecular complexity index is 360. The molecular formula is C13H18FN. The van der Waals surface area contributed by atoms with Crippen molar-refractivity contribution in [2.24, 2.45) is 5.92 Å². The van der Waals surface area contributed by atoms with Gasteiger partial charge in [0.05, 0.1) is 0 Å². The van der Waals surface area contributed by atoms with Crippen LogP contribution in [0.15, 0.2) is 12.1 Å².